The molecule has 0 saturated carbocycles. The Hall–Kier alpha value is -1.69. The first-order valence-corrected chi connectivity index (χ1v) is 8.85. The number of aryl methyl sites for hydroxylation is 1. The summed E-state index contributed by atoms with van der Waals surface area (Å²) < 4.78 is 0. The Morgan fingerprint density at radius 2 is 2.08 bits per heavy atom. The lowest BCUT2D eigenvalue weighted by molar-refractivity contribution is -0.136. The normalized spacial score (nSPS) is 12.5. The lowest BCUT2D eigenvalue weighted by Gasteiger charge is -2.12. The quantitative estimate of drug-likeness (QED) is 0.613. The number of aromatic amines is 1. The summed E-state index contributed by atoms with van der Waals surface area (Å²) in [5, 5.41) is 10.4. The Balaban J connectivity index is 1.85. The number of hydrogen-bond acceptors (Lipinski definition) is 3. The van der Waals surface area contributed by atoms with Crippen molar-refractivity contribution in [2.45, 2.75) is 23.8 Å². The molecule has 124 valence electrons. The molecule has 0 aliphatic rings. The number of carboxylic acid groups (broad SMARTS) is 1. The molecule has 2 N–H and O–H groups in total. The highest BCUT2D eigenvalue weighted by molar-refractivity contribution is 8.00. The molecule has 1 heterocycles. The van der Waals surface area contributed by atoms with Crippen LogP contribution in [0, 0.1) is 6.92 Å². The van der Waals surface area contributed by atoms with Gasteiger partial charge in [0.25, 0.3) is 0 Å². The summed E-state index contributed by atoms with van der Waals surface area (Å²) in [4.78, 5) is 19.2. The molecule has 0 aliphatic heterocycles. The summed E-state index contributed by atoms with van der Waals surface area (Å²) in [5.74, 6) is -0.923. The predicted octanol–water partition coefficient (Wildman–Crippen LogP) is 4.97. The molecule has 4 nitrogen and oxygen atoms in total. The number of nitrogens with zero attached hydrogens (tertiary/aromatic N) is 1. The topological polar surface area (TPSA) is 66.0 Å². The van der Waals surface area contributed by atoms with Crippen LogP contribution in [0.15, 0.2) is 41.6 Å². The molecule has 24 heavy (non-hydrogen) atoms. The highest BCUT2D eigenvalue weighted by Crippen LogP contribution is 2.29. The Morgan fingerprint density at radius 3 is 2.83 bits per heavy atom. The largest absolute Gasteiger partial charge is 0.480 e. The van der Waals surface area contributed by atoms with Gasteiger partial charge in [0.05, 0.1) is 11.0 Å². The van der Waals surface area contributed by atoms with Gasteiger partial charge in [0.1, 0.15) is 5.25 Å². The molecule has 1 atom stereocenters. The van der Waals surface area contributed by atoms with Crippen LogP contribution in [0.4, 0.5) is 0 Å². The number of nitrogens with one attached hydrogen (secondary N) is 1. The zero-order valence-corrected chi connectivity index (χ0v) is 15.0. The first-order valence-electron chi connectivity index (χ1n) is 7.22. The van der Waals surface area contributed by atoms with Crippen molar-refractivity contribution in [3.8, 4) is 0 Å². The minimum atomic E-state index is -0.923. The van der Waals surface area contributed by atoms with Gasteiger partial charge in [-0.05, 0) is 54.8 Å². The highest BCUT2D eigenvalue weighted by Gasteiger charge is 2.22. The molecule has 1 aromatic heterocycles. The number of benzene rings is 2. The van der Waals surface area contributed by atoms with Crippen LogP contribution in [0.1, 0.15) is 11.1 Å². The molecule has 3 rings (SSSR count). The van der Waals surface area contributed by atoms with Crippen molar-refractivity contribution in [3.05, 3.63) is 57.6 Å². The van der Waals surface area contributed by atoms with Crippen LogP contribution in [-0.4, -0.2) is 26.3 Å². The number of hydrogen-bond donors (Lipinski definition) is 2. The maximum absolute atomic E-state index is 11.6. The second-order valence-electron chi connectivity index (χ2n) is 5.45. The van der Waals surface area contributed by atoms with Crippen LogP contribution in [0.5, 0.6) is 0 Å². The van der Waals surface area contributed by atoms with Gasteiger partial charge in [-0.1, -0.05) is 41.0 Å². The molecule has 0 aliphatic carbocycles. The van der Waals surface area contributed by atoms with Gasteiger partial charge in [0, 0.05) is 10.0 Å². The van der Waals surface area contributed by atoms with Crippen molar-refractivity contribution in [2.75, 3.05) is 0 Å². The van der Waals surface area contributed by atoms with Gasteiger partial charge in [-0.25, -0.2) is 4.98 Å². The third-order valence-electron chi connectivity index (χ3n) is 3.56. The summed E-state index contributed by atoms with van der Waals surface area (Å²) in [7, 11) is 0. The fourth-order valence-corrected chi connectivity index (χ4v) is 3.71. The number of imidazole rings is 1. The molecule has 2 aromatic carbocycles. The monoisotopic (exact) mass is 380 g/mol. The molecule has 0 bridgehead atoms. The molecule has 0 saturated heterocycles. The number of halogens is 2. The van der Waals surface area contributed by atoms with Crippen LogP contribution in [0.25, 0.3) is 11.0 Å². The van der Waals surface area contributed by atoms with E-state index in [0.29, 0.717) is 20.8 Å². The van der Waals surface area contributed by atoms with E-state index in [0.717, 1.165) is 16.6 Å². The number of carboxylic acids is 1. The highest BCUT2D eigenvalue weighted by atomic mass is 35.5. The molecular weight excluding hydrogens is 367 g/mol. The fourth-order valence-electron chi connectivity index (χ4n) is 2.37. The standard InChI is InChI=1S/C17H14Cl2N2O2S/c1-9-2-5-13-14(6-9)21-17(20-13)24-15(16(22)23)8-10-7-11(18)3-4-12(10)19/h2-7,15H,8H2,1H3,(H,20,21)(H,22,23). The molecule has 0 radical (unpaired) electrons. The van der Waals surface area contributed by atoms with Crippen molar-refractivity contribution in [1.82, 2.24) is 9.97 Å². The maximum atomic E-state index is 11.6. The maximum Gasteiger partial charge on any atom is 0.317 e. The van der Waals surface area contributed by atoms with E-state index in [1.165, 1.54) is 11.8 Å². The number of thioether (sulfide) groups is 1. The molecule has 0 fully saturated rings. The van der Waals surface area contributed by atoms with Crippen molar-refractivity contribution in [1.29, 1.82) is 0 Å². The van der Waals surface area contributed by atoms with Gasteiger partial charge < -0.3 is 10.1 Å². The number of carbonyl (C=O) groups is 1. The first kappa shape index (κ1) is 17.1. The minimum absolute atomic E-state index is 0.259. The number of aromatic nitrogens is 2. The van der Waals surface area contributed by atoms with Gasteiger partial charge >= 0.3 is 5.97 Å². The summed E-state index contributed by atoms with van der Waals surface area (Å²) >= 11 is 13.3. The van der Waals surface area contributed by atoms with E-state index >= 15 is 0 Å². The number of fused-ring (bicyclic) bond motifs is 1. The van der Waals surface area contributed by atoms with Gasteiger partial charge in [-0.2, -0.15) is 0 Å². The summed E-state index contributed by atoms with van der Waals surface area (Å²) in [6, 6.07) is 10.9. The molecule has 0 spiro atoms. The number of aliphatic carboxylic acids is 1. The van der Waals surface area contributed by atoms with E-state index in [1.54, 1.807) is 18.2 Å². The first-order chi connectivity index (χ1) is 11.4. The second-order valence-corrected chi connectivity index (χ2v) is 7.48. The molecule has 7 heteroatoms. The lowest BCUT2D eigenvalue weighted by atomic mass is 10.1. The van der Waals surface area contributed by atoms with E-state index in [1.807, 2.05) is 25.1 Å². The van der Waals surface area contributed by atoms with E-state index < -0.39 is 11.2 Å². The van der Waals surface area contributed by atoms with Crippen LogP contribution in [0.3, 0.4) is 0 Å². The fraction of sp³-hybridized carbons (Fsp3) is 0.176. The Morgan fingerprint density at radius 1 is 1.29 bits per heavy atom. The van der Waals surface area contributed by atoms with E-state index in [4.69, 9.17) is 23.2 Å². The van der Waals surface area contributed by atoms with Crippen LogP contribution < -0.4 is 0 Å². The van der Waals surface area contributed by atoms with Gasteiger partial charge in [-0.15, -0.1) is 0 Å². The third kappa shape index (κ3) is 3.86. The van der Waals surface area contributed by atoms with E-state index in [9.17, 15) is 9.90 Å². The van der Waals surface area contributed by atoms with Crippen LogP contribution in [-0.2, 0) is 11.2 Å². The third-order valence-corrected chi connectivity index (χ3v) is 5.23. The van der Waals surface area contributed by atoms with E-state index in [2.05, 4.69) is 9.97 Å². The number of H-pyrrole nitrogens is 1. The molecule has 1 unspecified atom stereocenters. The SMILES string of the molecule is Cc1ccc2nc(SC(Cc3cc(Cl)ccc3Cl)C(=O)O)[nH]c2c1. The number of rotatable bonds is 5. The molecular formula is C17H14Cl2N2O2S. The Labute approximate surface area is 153 Å². The van der Waals surface area contributed by atoms with Crippen molar-refractivity contribution < 1.29 is 9.90 Å². The molecule has 0 amide bonds. The average Bonchev–Trinajstić information content (AvgIpc) is 2.91. The second kappa shape index (κ2) is 7.05. The van der Waals surface area contributed by atoms with Crippen molar-refractivity contribution in [2.24, 2.45) is 0 Å². The summed E-state index contributed by atoms with van der Waals surface area (Å²) in [5.41, 5.74) is 3.52. The van der Waals surface area contributed by atoms with Gasteiger partial charge in [0.2, 0.25) is 0 Å². The zero-order chi connectivity index (χ0) is 17.3. The van der Waals surface area contributed by atoms with Crippen molar-refractivity contribution >= 4 is 52.0 Å². The Kier molecular flexibility index (Phi) is 5.04. The average molecular weight is 381 g/mol. The van der Waals surface area contributed by atoms with Gasteiger partial charge in [0.15, 0.2) is 5.16 Å². The lowest BCUT2D eigenvalue weighted by Crippen LogP contribution is -2.19. The Bertz CT molecular complexity index is 911. The van der Waals surface area contributed by atoms with E-state index in [-0.39, 0.29) is 6.42 Å². The van der Waals surface area contributed by atoms with Crippen molar-refractivity contribution in [3.63, 3.8) is 0 Å². The summed E-state index contributed by atoms with van der Waals surface area (Å²) in [6.45, 7) is 1.99. The molecule has 3 aromatic rings. The predicted molar refractivity (Wildman–Crippen MR) is 98.3 cm³/mol. The minimum Gasteiger partial charge on any atom is -0.480 e. The summed E-state index contributed by atoms with van der Waals surface area (Å²) in [6.07, 6.45) is 0.259. The van der Waals surface area contributed by atoms with Crippen LogP contribution in [0.2, 0.25) is 10.0 Å². The van der Waals surface area contributed by atoms with Crippen LogP contribution >= 0.6 is 35.0 Å². The zero-order valence-electron chi connectivity index (χ0n) is 12.7. The van der Waals surface area contributed by atoms with Gasteiger partial charge in [-0.3, -0.25) is 4.79 Å². The smallest absolute Gasteiger partial charge is 0.317 e.